The Morgan fingerprint density at radius 3 is 2.76 bits per heavy atom. The average molecular weight is 350 g/mol. The molecule has 10 heteroatoms. The first kappa shape index (κ1) is 18.2. The molecule has 1 fully saturated rings. The fourth-order valence-electron chi connectivity index (χ4n) is 2.61. The van der Waals surface area contributed by atoms with Gasteiger partial charge in [0.1, 0.15) is 18.3 Å². The second-order valence-corrected chi connectivity index (χ2v) is 5.35. The molecule has 10 nitrogen and oxygen atoms in total. The van der Waals surface area contributed by atoms with Crippen LogP contribution in [0.5, 0.6) is 0 Å². The highest BCUT2D eigenvalue weighted by Crippen LogP contribution is 2.25. The van der Waals surface area contributed by atoms with E-state index >= 15 is 0 Å². The topological polar surface area (TPSA) is 131 Å². The number of benzene rings is 1. The average Bonchev–Trinajstić information content (AvgIpc) is 3.09. The second kappa shape index (κ2) is 8.08. The van der Waals surface area contributed by atoms with E-state index in [9.17, 15) is 24.5 Å². The van der Waals surface area contributed by atoms with Crippen LogP contribution in [0.3, 0.4) is 0 Å². The van der Waals surface area contributed by atoms with E-state index in [1.807, 2.05) is 0 Å². The van der Waals surface area contributed by atoms with Gasteiger partial charge in [0, 0.05) is 12.6 Å². The number of alkyl carbamates (subject to hydrolysis) is 1. The minimum absolute atomic E-state index is 0.0736. The molecule has 3 amide bonds. The minimum atomic E-state index is -0.744. The molecule has 1 aromatic rings. The SMILES string of the molecule is COC(=O)NCC(=O)N1CCCC1C(=O)Nc1ccccc1[N+](=O)[O-]. The normalized spacial score (nSPS) is 16.2. The number of likely N-dealkylation sites (tertiary alicyclic amines) is 1. The number of carbonyl (C=O) groups excluding carboxylic acids is 3. The van der Waals surface area contributed by atoms with Gasteiger partial charge in [0.15, 0.2) is 0 Å². The van der Waals surface area contributed by atoms with Gasteiger partial charge in [-0.2, -0.15) is 0 Å². The van der Waals surface area contributed by atoms with Crippen LogP contribution in [0.4, 0.5) is 16.2 Å². The van der Waals surface area contributed by atoms with Crippen molar-refractivity contribution in [1.82, 2.24) is 10.2 Å². The van der Waals surface area contributed by atoms with Crippen LogP contribution in [-0.4, -0.2) is 54.0 Å². The lowest BCUT2D eigenvalue weighted by molar-refractivity contribution is -0.383. The molecule has 0 saturated carbocycles. The lowest BCUT2D eigenvalue weighted by Gasteiger charge is -2.24. The van der Waals surface area contributed by atoms with Crippen molar-refractivity contribution in [3.8, 4) is 0 Å². The predicted molar refractivity (Wildman–Crippen MR) is 86.9 cm³/mol. The van der Waals surface area contributed by atoms with Gasteiger partial charge in [0.05, 0.1) is 12.0 Å². The number of methoxy groups -OCH3 is 1. The molecule has 1 saturated heterocycles. The highest BCUT2D eigenvalue weighted by atomic mass is 16.6. The van der Waals surface area contributed by atoms with Crippen LogP contribution in [0.15, 0.2) is 24.3 Å². The summed E-state index contributed by atoms with van der Waals surface area (Å²) in [4.78, 5) is 47.4. The molecule has 1 atom stereocenters. The lowest BCUT2D eigenvalue weighted by atomic mass is 10.2. The zero-order chi connectivity index (χ0) is 18.4. The first-order valence-electron chi connectivity index (χ1n) is 7.59. The number of nitro groups is 1. The number of amides is 3. The lowest BCUT2D eigenvalue weighted by Crippen LogP contribution is -2.47. The molecule has 1 aromatic carbocycles. The van der Waals surface area contributed by atoms with E-state index in [2.05, 4.69) is 15.4 Å². The van der Waals surface area contributed by atoms with Gasteiger partial charge in [-0.05, 0) is 18.9 Å². The van der Waals surface area contributed by atoms with E-state index in [-0.39, 0.29) is 17.9 Å². The van der Waals surface area contributed by atoms with Gasteiger partial charge in [-0.15, -0.1) is 0 Å². The molecule has 134 valence electrons. The Morgan fingerprint density at radius 1 is 1.36 bits per heavy atom. The van der Waals surface area contributed by atoms with E-state index in [1.54, 1.807) is 6.07 Å². The highest BCUT2D eigenvalue weighted by Gasteiger charge is 2.34. The van der Waals surface area contributed by atoms with Gasteiger partial charge >= 0.3 is 6.09 Å². The fourth-order valence-corrected chi connectivity index (χ4v) is 2.61. The summed E-state index contributed by atoms with van der Waals surface area (Å²) in [5.74, 6) is -0.927. The molecule has 25 heavy (non-hydrogen) atoms. The van der Waals surface area contributed by atoms with Crippen LogP contribution < -0.4 is 10.6 Å². The van der Waals surface area contributed by atoms with Crippen molar-refractivity contribution in [1.29, 1.82) is 0 Å². The van der Waals surface area contributed by atoms with Crippen LogP contribution in [-0.2, 0) is 14.3 Å². The number of hydrogen-bond donors (Lipinski definition) is 2. The third-order valence-electron chi connectivity index (χ3n) is 3.80. The molecule has 0 spiro atoms. The summed E-state index contributed by atoms with van der Waals surface area (Å²) >= 11 is 0. The molecule has 1 heterocycles. The number of anilines is 1. The zero-order valence-corrected chi connectivity index (χ0v) is 13.6. The van der Waals surface area contributed by atoms with Crippen molar-refractivity contribution in [2.45, 2.75) is 18.9 Å². The number of carbonyl (C=O) groups is 3. The summed E-state index contributed by atoms with van der Waals surface area (Å²) in [7, 11) is 1.18. The maximum Gasteiger partial charge on any atom is 0.407 e. The Kier molecular flexibility index (Phi) is 5.88. The molecule has 0 aliphatic carbocycles. The molecule has 1 unspecified atom stereocenters. The Balaban J connectivity index is 2.04. The highest BCUT2D eigenvalue weighted by molar-refractivity contribution is 5.99. The molecule has 2 N–H and O–H groups in total. The summed E-state index contributed by atoms with van der Waals surface area (Å²) in [5, 5.41) is 15.8. The Morgan fingerprint density at radius 2 is 2.08 bits per heavy atom. The summed E-state index contributed by atoms with van der Waals surface area (Å²) in [6.45, 7) is 0.0819. The van der Waals surface area contributed by atoms with Crippen LogP contribution in [0.25, 0.3) is 0 Å². The molecule has 0 radical (unpaired) electrons. The van der Waals surface area contributed by atoms with E-state index in [1.165, 1.54) is 30.2 Å². The minimum Gasteiger partial charge on any atom is -0.453 e. The summed E-state index contributed by atoms with van der Waals surface area (Å²) < 4.78 is 4.39. The third kappa shape index (κ3) is 4.43. The van der Waals surface area contributed by atoms with Gasteiger partial charge in [-0.25, -0.2) is 4.79 Å². The number of nitrogens with zero attached hydrogens (tertiary/aromatic N) is 2. The van der Waals surface area contributed by atoms with E-state index in [0.29, 0.717) is 19.4 Å². The first-order chi connectivity index (χ1) is 11.9. The van der Waals surface area contributed by atoms with Crippen molar-refractivity contribution in [2.24, 2.45) is 0 Å². The largest absolute Gasteiger partial charge is 0.453 e. The first-order valence-corrected chi connectivity index (χ1v) is 7.59. The Hall–Kier alpha value is -3.17. The molecule has 1 aliphatic rings. The fraction of sp³-hybridized carbons (Fsp3) is 0.400. The standard InChI is InChI=1S/C15H18N4O6/c1-25-15(22)16-9-13(20)18-8-4-7-12(18)14(21)17-10-5-2-3-6-11(10)19(23)24/h2-3,5-6,12H,4,7-9H2,1H3,(H,16,22)(H,17,21). The molecular formula is C15H18N4O6. The monoisotopic (exact) mass is 350 g/mol. The van der Waals surface area contributed by atoms with Crippen LogP contribution in [0, 0.1) is 10.1 Å². The van der Waals surface area contributed by atoms with Gasteiger partial charge in [0.2, 0.25) is 11.8 Å². The van der Waals surface area contributed by atoms with Gasteiger partial charge in [-0.1, -0.05) is 12.1 Å². The van der Waals surface area contributed by atoms with Crippen LogP contribution in [0.1, 0.15) is 12.8 Å². The number of hydrogen-bond acceptors (Lipinski definition) is 6. The van der Waals surface area contributed by atoms with Crippen LogP contribution >= 0.6 is 0 Å². The molecule has 1 aliphatic heterocycles. The number of nitrogens with one attached hydrogen (secondary N) is 2. The van der Waals surface area contributed by atoms with Crippen molar-refractivity contribution in [3.63, 3.8) is 0 Å². The number of rotatable bonds is 5. The van der Waals surface area contributed by atoms with Gasteiger partial charge in [0.25, 0.3) is 5.69 Å². The summed E-state index contributed by atoms with van der Waals surface area (Å²) in [6.07, 6.45) is 0.323. The quantitative estimate of drug-likeness (QED) is 0.599. The second-order valence-electron chi connectivity index (χ2n) is 5.35. The van der Waals surface area contributed by atoms with E-state index in [4.69, 9.17) is 0 Å². The van der Waals surface area contributed by atoms with E-state index < -0.39 is 28.9 Å². The molecule has 0 bridgehead atoms. The molecule has 2 rings (SSSR count). The Bertz CT molecular complexity index is 692. The maximum absolute atomic E-state index is 12.5. The molecular weight excluding hydrogens is 332 g/mol. The van der Waals surface area contributed by atoms with Crippen molar-refractivity contribution in [3.05, 3.63) is 34.4 Å². The smallest absolute Gasteiger partial charge is 0.407 e. The summed E-state index contributed by atoms with van der Waals surface area (Å²) in [5.41, 5.74) is -0.149. The number of ether oxygens (including phenoxy) is 1. The number of para-hydroxylation sites is 2. The van der Waals surface area contributed by atoms with Crippen molar-refractivity contribution in [2.75, 3.05) is 25.5 Å². The van der Waals surface area contributed by atoms with Crippen LogP contribution in [0.2, 0.25) is 0 Å². The predicted octanol–water partition coefficient (Wildman–Crippen LogP) is 0.880. The van der Waals surface area contributed by atoms with Gasteiger partial charge < -0.3 is 20.3 Å². The summed E-state index contributed by atoms with van der Waals surface area (Å²) in [6, 6.07) is 5.04. The van der Waals surface area contributed by atoms with Crippen molar-refractivity contribution >= 4 is 29.3 Å². The van der Waals surface area contributed by atoms with E-state index in [0.717, 1.165) is 0 Å². The third-order valence-corrected chi connectivity index (χ3v) is 3.80. The molecule has 0 aromatic heterocycles. The van der Waals surface area contributed by atoms with Crippen molar-refractivity contribution < 1.29 is 24.0 Å². The Labute approximate surface area is 143 Å². The zero-order valence-electron chi connectivity index (χ0n) is 13.6. The van der Waals surface area contributed by atoms with Gasteiger partial charge in [-0.3, -0.25) is 19.7 Å². The number of nitro benzene ring substituents is 1. The maximum atomic E-state index is 12.5.